The molecule has 446 valence electrons. The van der Waals surface area contributed by atoms with Gasteiger partial charge in [-0.25, -0.2) is 0 Å². The highest BCUT2D eigenvalue weighted by atomic mass is 32.2. The lowest BCUT2D eigenvalue weighted by atomic mass is 10.0. The average Bonchev–Trinajstić information content (AvgIpc) is 3.38. The Balaban J connectivity index is 5.16. The molecule has 0 heterocycles. The molecule has 4 unspecified atom stereocenters. The van der Waals surface area contributed by atoms with Crippen LogP contribution in [0, 0.1) is 0 Å². The van der Waals surface area contributed by atoms with Crippen LogP contribution in [0.3, 0.4) is 0 Å². The maximum absolute atomic E-state index is 13.3. The van der Waals surface area contributed by atoms with Crippen molar-refractivity contribution in [2.45, 2.75) is 342 Å². The van der Waals surface area contributed by atoms with Crippen LogP contribution in [-0.2, 0) is 9.59 Å². The minimum atomic E-state index is -0.461. The van der Waals surface area contributed by atoms with Crippen LogP contribution < -0.4 is 0 Å². The Morgan fingerprint density at radius 1 is 0.347 bits per heavy atom. The highest BCUT2D eigenvalue weighted by Gasteiger charge is 2.19. The Morgan fingerprint density at radius 2 is 0.560 bits per heavy atom. The molecule has 0 saturated heterocycles. The lowest BCUT2D eigenvalue weighted by molar-refractivity contribution is -0.109. The molecule has 75 heavy (non-hydrogen) atoms. The summed E-state index contributed by atoms with van der Waals surface area (Å²) in [6, 6.07) is 0. The van der Waals surface area contributed by atoms with Gasteiger partial charge >= 0.3 is 0 Å². The smallest absolute Gasteiger partial charge is 0.215 e. The first-order valence-electron chi connectivity index (χ1n) is 32.7. The van der Waals surface area contributed by atoms with E-state index in [0.717, 1.165) is 77.0 Å². The third kappa shape index (κ3) is 53.9. The third-order valence-corrected chi connectivity index (χ3v) is 17.1. The molecule has 8 nitrogen and oxygen atoms in total. The van der Waals surface area contributed by atoms with Gasteiger partial charge in [0.05, 0.1) is 24.4 Å². The minimum Gasteiger partial charge on any atom is -0.392 e. The van der Waals surface area contributed by atoms with Gasteiger partial charge in [0.15, 0.2) is 0 Å². The average molecular weight is 1100 g/mol. The van der Waals surface area contributed by atoms with Gasteiger partial charge in [-0.2, -0.15) is 0 Å². The molecular weight excluding hydrogens is 969 g/mol. The summed E-state index contributed by atoms with van der Waals surface area (Å²) in [7, 11) is 0. The van der Waals surface area contributed by atoms with E-state index >= 15 is 0 Å². The first-order valence-corrected chi connectivity index (χ1v) is 34.7. The summed E-state index contributed by atoms with van der Waals surface area (Å²) in [5.41, 5.74) is 0.432. The topological polar surface area (TPSA) is 122 Å². The maximum Gasteiger partial charge on any atom is 0.215 e. The monoisotopic (exact) mass is 1100 g/mol. The highest BCUT2D eigenvalue weighted by molar-refractivity contribution is 8.14. The number of hydrogen-bond acceptors (Lipinski definition) is 10. The lowest BCUT2D eigenvalue weighted by Crippen LogP contribution is -2.39. The van der Waals surface area contributed by atoms with Crippen molar-refractivity contribution < 1.29 is 30.0 Å². The van der Waals surface area contributed by atoms with E-state index in [1.807, 2.05) is 0 Å². The molecule has 0 aliphatic heterocycles. The summed E-state index contributed by atoms with van der Waals surface area (Å²) in [4.78, 5) is 30.8. The number of carbonyl (C=O) groups is 2. The predicted molar refractivity (Wildman–Crippen MR) is 331 cm³/mol. The van der Waals surface area contributed by atoms with Crippen LogP contribution in [0.5, 0.6) is 0 Å². The van der Waals surface area contributed by atoms with E-state index in [-0.39, 0.29) is 10.2 Å². The largest absolute Gasteiger partial charge is 0.392 e. The van der Waals surface area contributed by atoms with Crippen LogP contribution in [0.25, 0.3) is 0 Å². The molecule has 0 saturated carbocycles. The van der Waals surface area contributed by atoms with Crippen molar-refractivity contribution in [3.05, 3.63) is 11.6 Å². The molecule has 4 atom stereocenters. The Labute approximate surface area is 475 Å². The summed E-state index contributed by atoms with van der Waals surface area (Å²) in [5, 5.41) is 44.2. The molecular formula is C65H128N2O6S2. The molecule has 0 fully saturated rings. The number of rotatable bonds is 60. The molecule has 0 aromatic carbocycles. The fourth-order valence-electron chi connectivity index (χ4n) is 10.5. The number of carbonyl (C=O) groups excluding carboxylic acids is 2. The van der Waals surface area contributed by atoms with Gasteiger partial charge in [0.25, 0.3) is 0 Å². The molecule has 0 radical (unpaired) electrons. The number of unbranched alkanes of at least 4 members (excludes halogenated alkanes) is 36. The quantitative estimate of drug-likeness (QED) is 0.0346. The second-order valence-corrected chi connectivity index (χ2v) is 25.3. The summed E-state index contributed by atoms with van der Waals surface area (Å²) >= 11 is 2.42. The summed E-state index contributed by atoms with van der Waals surface area (Å²) in [5.74, 6) is 1.05. The molecule has 0 aromatic heterocycles. The normalized spacial score (nSPS) is 13.8. The van der Waals surface area contributed by atoms with Crippen molar-refractivity contribution in [2.75, 3.05) is 50.8 Å². The van der Waals surface area contributed by atoms with Crippen LogP contribution in [0.4, 0.5) is 0 Å². The molecule has 0 aromatic rings. The van der Waals surface area contributed by atoms with E-state index in [1.54, 1.807) is 6.92 Å². The lowest BCUT2D eigenvalue weighted by Gasteiger charge is -2.27. The standard InChI is InChI=1S/C65H128N2O6S2/c1-6-10-14-18-22-26-30-34-38-42-46-60(68)55-66(56-61(69)47-43-39-35-31-27-23-19-15-11-7-2)50-52-74-64(72)54-59(5)65(73)75-53-51-67(57-62(70)48-44-40-36-32-28-24-20-16-12-8-3)58-63(71)49-45-41-37-33-29-25-21-17-13-9-4/h54,60-63,68-71H,6-53,55-58H2,1-5H3/b59-54+. The maximum atomic E-state index is 13.3. The van der Waals surface area contributed by atoms with Crippen molar-refractivity contribution >= 4 is 33.8 Å². The zero-order valence-electron chi connectivity index (χ0n) is 50.5. The van der Waals surface area contributed by atoms with Crippen molar-refractivity contribution in [3.63, 3.8) is 0 Å². The first-order chi connectivity index (χ1) is 36.6. The van der Waals surface area contributed by atoms with E-state index in [0.29, 0.717) is 56.3 Å². The molecule has 0 rings (SSSR count). The van der Waals surface area contributed by atoms with Gasteiger partial charge < -0.3 is 20.4 Å². The van der Waals surface area contributed by atoms with Crippen LogP contribution in [0.1, 0.15) is 317 Å². The van der Waals surface area contributed by atoms with Gasteiger partial charge in [-0.05, 0) is 38.7 Å². The first kappa shape index (κ1) is 74.5. The molecule has 4 N–H and O–H groups in total. The summed E-state index contributed by atoms with van der Waals surface area (Å²) in [6.07, 6.45) is 53.2. The van der Waals surface area contributed by atoms with Gasteiger partial charge in [0.1, 0.15) is 0 Å². The molecule has 0 spiro atoms. The Morgan fingerprint density at radius 3 is 0.800 bits per heavy atom. The van der Waals surface area contributed by atoms with E-state index in [1.165, 1.54) is 235 Å². The zero-order chi connectivity index (χ0) is 55.1. The number of aliphatic hydroxyl groups excluding tert-OH is 4. The summed E-state index contributed by atoms with van der Waals surface area (Å²) in [6.45, 7) is 13.9. The van der Waals surface area contributed by atoms with E-state index in [4.69, 9.17) is 0 Å². The second-order valence-electron chi connectivity index (χ2n) is 23.1. The highest BCUT2D eigenvalue weighted by Crippen LogP contribution is 2.20. The zero-order valence-corrected chi connectivity index (χ0v) is 52.1. The van der Waals surface area contributed by atoms with Crippen LogP contribution in [0.2, 0.25) is 0 Å². The molecule has 10 heteroatoms. The van der Waals surface area contributed by atoms with Crippen molar-refractivity contribution in [3.8, 4) is 0 Å². The SMILES string of the molecule is CCCCCCCCCCCCC(O)CN(CCSC(=O)/C=C(\C)C(=O)SCCN(CC(O)CCCCCCCCCCCC)CC(O)CCCCCCCCCCCC)CC(O)CCCCCCCCCCCC. The number of hydrogen-bond donors (Lipinski definition) is 4. The molecule has 0 bridgehead atoms. The van der Waals surface area contributed by atoms with Crippen molar-refractivity contribution in [1.82, 2.24) is 9.80 Å². The van der Waals surface area contributed by atoms with Crippen molar-refractivity contribution in [1.29, 1.82) is 0 Å². The Bertz CT molecular complexity index is 1180. The van der Waals surface area contributed by atoms with Gasteiger partial charge in [0, 0.05) is 56.3 Å². The van der Waals surface area contributed by atoms with Crippen LogP contribution >= 0.6 is 23.5 Å². The van der Waals surface area contributed by atoms with Crippen LogP contribution in [0.15, 0.2) is 11.6 Å². The van der Waals surface area contributed by atoms with E-state index in [9.17, 15) is 30.0 Å². The Kier molecular flexibility index (Phi) is 57.8. The molecule has 0 amide bonds. The van der Waals surface area contributed by atoms with Crippen LogP contribution in [-0.4, -0.2) is 116 Å². The summed E-state index contributed by atoms with van der Waals surface area (Å²) < 4.78 is 0. The predicted octanol–water partition coefficient (Wildman–Crippen LogP) is 17.7. The Hall–Kier alpha value is -0.460. The number of nitrogens with zero attached hydrogens (tertiary/aromatic N) is 2. The van der Waals surface area contributed by atoms with Gasteiger partial charge in [-0.3, -0.25) is 19.4 Å². The van der Waals surface area contributed by atoms with Crippen molar-refractivity contribution in [2.24, 2.45) is 0 Å². The minimum absolute atomic E-state index is 0.118. The molecule has 0 aliphatic rings. The number of aliphatic hydroxyl groups is 4. The van der Waals surface area contributed by atoms with E-state index < -0.39 is 24.4 Å². The van der Waals surface area contributed by atoms with Gasteiger partial charge in [0.2, 0.25) is 10.2 Å². The molecule has 0 aliphatic carbocycles. The fraction of sp³-hybridized carbons (Fsp3) is 0.938. The van der Waals surface area contributed by atoms with E-state index in [2.05, 4.69) is 37.5 Å². The fourth-order valence-corrected chi connectivity index (χ4v) is 12.1. The van der Waals surface area contributed by atoms with Gasteiger partial charge in [-0.15, -0.1) is 0 Å². The van der Waals surface area contributed by atoms with Gasteiger partial charge in [-0.1, -0.05) is 308 Å². The second kappa shape index (κ2) is 58.2. The third-order valence-electron chi connectivity index (χ3n) is 15.4. The number of thioether (sulfide) groups is 2.